The van der Waals surface area contributed by atoms with Gasteiger partial charge in [-0.15, -0.1) is 11.3 Å². The lowest BCUT2D eigenvalue weighted by Gasteiger charge is -2.15. The van der Waals surface area contributed by atoms with E-state index in [9.17, 15) is 0 Å². The topological polar surface area (TPSA) is 34.0 Å². The van der Waals surface area contributed by atoms with Gasteiger partial charge in [0.15, 0.2) is 5.13 Å². The summed E-state index contributed by atoms with van der Waals surface area (Å²) in [5.41, 5.74) is 1.23. The van der Waals surface area contributed by atoms with Gasteiger partial charge in [-0.25, -0.2) is 4.98 Å². The summed E-state index contributed by atoms with van der Waals surface area (Å²) in [5, 5.41) is 8.94. The van der Waals surface area contributed by atoms with Crippen molar-refractivity contribution in [1.82, 2.24) is 14.8 Å². The van der Waals surface area contributed by atoms with Crippen molar-refractivity contribution in [3.63, 3.8) is 0 Å². The van der Waals surface area contributed by atoms with Gasteiger partial charge in [-0.1, -0.05) is 18.2 Å². The Balaban J connectivity index is 1.64. The average molecular weight is 270 g/mol. The molecule has 0 amide bonds. The zero-order valence-corrected chi connectivity index (χ0v) is 11.3. The Kier molecular flexibility index (Phi) is 2.51. The summed E-state index contributed by atoms with van der Waals surface area (Å²) < 4.78 is 2.17. The van der Waals surface area contributed by atoms with E-state index in [4.69, 9.17) is 0 Å². The number of nitrogens with zero attached hydrogens (tertiary/aromatic N) is 4. The summed E-state index contributed by atoms with van der Waals surface area (Å²) in [5.74, 6) is 0. The van der Waals surface area contributed by atoms with Gasteiger partial charge < -0.3 is 4.90 Å². The number of fused-ring (bicyclic) bond motifs is 1. The van der Waals surface area contributed by atoms with Gasteiger partial charge in [-0.05, 0) is 12.5 Å². The van der Waals surface area contributed by atoms with Crippen LogP contribution in [0, 0.1) is 0 Å². The van der Waals surface area contributed by atoms with Crippen molar-refractivity contribution < 1.29 is 0 Å². The molecule has 4 nitrogen and oxygen atoms in total. The van der Waals surface area contributed by atoms with E-state index in [2.05, 4.69) is 43.9 Å². The summed E-state index contributed by atoms with van der Waals surface area (Å²) in [6.45, 7) is 2.06. The molecule has 1 fully saturated rings. The summed E-state index contributed by atoms with van der Waals surface area (Å²) in [4.78, 5) is 6.74. The van der Waals surface area contributed by atoms with Gasteiger partial charge in [-0.3, -0.25) is 4.68 Å². The Morgan fingerprint density at radius 1 is 1.26 bits per heavy atom. The first-order valence-electron chi connectivity index (χ1n) is 6.48. The number of para-hydroxylation sites is 1. The molecule has 1 unspecified atom stereocenters. The third-order valence-electron chi connectivity index (χ3n) is 3.70. The molecule has 3 aromatic rings. The highest BCUT2D eigenvalue weighted by Gasteiger charge is 2.26. The van der Waals surface area contributed by atoms with Crippen molar-refractivity contribution in [3.05, 3.63) is 42.0 Å². The zero-order chi connectivity index (χ0) is 12.7. The molecule has 0 saturated carbocycles. The highest BCUT2D eigenvalue weighted by Crippen LogP contribution is 2.29. The zero-order valence-electron chi connectivity index (χ0n) is 10.4. The Morgan fingerprint density at radius 2 is 2.21 bits per heavy atom. The van der Waals surface area contributed by atoms with Crippen LogP contribution in [0.1, 0.15) is 12.5 Å². The quantitative estimate of drug-likeness (QED) is 0.718. The van der Waals surface area contributed by atoms with Crippen LogP contribution in [0.4, 0.5) is 5.13 Å². The normalized spacial score (nSPS) is 19.4. The van der Waals surface area contributed by atoms with Crippen molar-refractivity contribution >= 4 is 27.4 Å². The molecule has 19 heavy (non-hydrogen) atoms. The van der Waals surface area contributed by atoms with Crippen LogP contribution < -0.4 is 4.90 Å². The van der Waals surface area contributed by atoms with Crippen LogP contribution in [0.15, 0.2) is 42.0 Å². The largest absolute Gasteiger partial charge is 0.346 e. The van der Waals surface area contributed by atoms with Gasteiger partial charge in [-0.2, -0.15) is 5.10 Å². The lowest BCUT2D eigenvalue weighted by molar-refractivity contribution is 0.511. The van der Waals surface area contributed by atoms with Crippen LogP contribution in [0.5, 0.6) is 0 Å². The Morgan fingerprint density at radius 3 is 3.11 bits per heavy atom. The molecule has 2 aromatic heterocycles. The number of anilines is 1. The number of hydrogen-bond acceptors (Lipinski definition) is 4. The Hall–Kier alpha value is -1.88. The van der Waals surface area contributed by atoms with Gasteiger partial charge in [0.25, 0.3) is 0 Å². The molecule has 1 atom stereocenters. The molecule has 0 bridgehead atoms. The second-order valence-electron chi connectivity index (χ2n) is 4.85. The maximum Gasteiger partial charge on any atom is 0.185 e. The van der Waals surface area contributed by atoms with Crippen molar-refractivity contribution in [2.45, 2.75) is 12.5 Å². The number of hydrogen-bond donors (Lipinski definition) is 0. The van der Waals surface area contributed by atoms with E-state index >= 15 is 0 Å². The first-order chi connectivity index (χ1) is 9.42. The second-order valence-corrected chi connectivity index (χ2v) is 5.72. The Labute approximate surface area is 115 Å². The van der Waals surface area contributed by atoms with E-state index in [1.54, 1.807) is 11.3 Å². The summed E-state index contributed by atoms with van der Waals surface area (Å²) in [6.07, 6.45) is 4.96. The van der Waals surface area contributed by atoms with E-state index in [0.29, 0.717) is 6.04 Å². The molecule has 1 aliphatic rings. The van der Waals surface area contributed by atoms with Crippen molar-refractivity contribution in [1.29, 1.82) is 0 Å². The predicted molar refractivity (Wildman–Crippen MR) is 77.7 cm³/mol. The van der Waals surface area contributed by atoms with Crippen molar-refractivity contribution in [2.24, 2.45) is 0 Å². The van der Waals surface area contributed by atoms with Gasteiger partial charge >= 0.3 is 0 Å². The predicted octanol–water partition coefficient (Wildman–Crippen LogP) is 2.94. The summed E-state index contributed by atoms with van der Waals surface area (Å²) in [6, 6.07) is 8.85. The maximum atomic E-state index is 4.57. The maximum absolute atomic E-state index is 4.57. The fourth-order valence-corrected chi connectivity index (χ4v) is 3.45. The van der Waals surface area contributed by atoms with Crippen LogP contribution in [0.25, 0.3) is 10.9 Å². The molecule has 1 aliphatic heterocycles. The van der Waals surface area contributed by atoms with E-state index in [1.165, 1.54) is 10.9 Å². The first kappa shape index (κ1) is 11.0. The third-order valence-corrected chi connectivity index (χ3v) is 4.54. The van der Waals surface area contributed by atoms with Gasteiger partial charge in [0.05, 0.1) is 17.8 Å². The molecule has 0 spiro atoms. The minimum absolute atomic E-state index is 0.448. The van der Waals surface area contributed by atoms with Crippen LogP contribution in [0.2, 0.25) is 0 Å². The van der Waals surface area contributed by atoms with E-state index in [1.807, 2.05) is 17.8 Å². The lowest BCUT2D eigenvalue weighted by Crippen LogP contribution is -2.20. The molecule has 5 heteroatoms. The van der Waals surface area contributed by atoms with Gasteiger partial charge in [0.1, 0.15) is 0 Å². The van der Waals surface area contributed by atoms with Crippen LogP contribution >= 0.6 is 11.3 Å². The van der Waals surface area contributed by atoms with Crippen molar-refractivity contribution in [3.8, 4) is 0 Å². The van der Waals surface area contributed by atoms with Gasteiger partial charge in [0.2, 0.25) is 0 Å². The fourth-order valence-electron chi connectivity index (χ4n) is 2.77. The molecule has 0 radical (unpaired) electrons. The minimum Gasteiger partial charge on any atom is -0.346 e. The highest BCUT2D eigenvalue weighted by atomic mass is 32.1. The lowest BCUT2D eigenvalue weighted by atomic mass is 10.2. The van der Waals surface area contributed by atoms with E-state index in [0.717, 1.165) is 24.6 Å². The molecule has 0 aliphatic carbocycles. The SMILES string of the molecule is c1ccc2c(c1)cnn2C1CCN(c2nccs2)C1. The molecular formula is C14H14N4S. The smallest absolute Gasteiger partial charge is 0.185 e. The highest BCUT2D eigenvalue weighted by molar-refractivity contribution is 7.13. The molecule has 3 heterocycles. The molecule has 1 saturated heterocycles. The average Bonchev–Trinajstić information content (AvgIpc) is 3.18. The van der Waals surface area contributed by atoms with Crippen LogP contribution in [-0.4, -0.2) is 27.9 Å². The van der Waals surface area contributed by atoms with E-state index < -0.39 is 0 Å². The van der Waals surface area contributed by atoms with Gasteiger partial charge in [0, 0.05) is 30.1 Å². The summed E-state index contributed by atoms with van der Waals surface area (Å²) in [7, 11) is 0. The summed E-state index contributed by atoms with van der Waals surface area (Å²) >= 11 is 1.71. The number of aromatic nitrogens is 3. The standard InChI is InChI=1S/C14H14N4S/c1-2-4-13-11(3-1)9-16-18(13)12-5-7-17(10-12)14-15-6-8-19-14/h1-4,6,8-9,12H,5,7,10H2. The fraction of sp³-hybridized carbons (Fsp3) is 0.286. The van der Waals surface area contributed by atoms with E-state index in [-0.39, 0.29) is 0 Å². The van der Waals surface area contributed by atoms with Crippen LogP contribution in [-0.2, 0) is 0 Å². The second kappa shape index (κ2) is 4.35. The first-order valence-corrected chi connectivity index (χ1v) is 7.36. The molecular weight excluding hydrogens is 256 g/mol. The number of rotatable bonds is 2. The molecule has 4 rings (SSSR count). The number of benzene rings is 1. The minimum atomic E-state index is 0.448. The third kappa shape index (κ3) is 1.81. The molecule has 1 aromatic carbocycles. The molecule has 96 valence electrons. The number of thiazole rings is 1. The van der Waals surface area contributed by atoms with Crippen molar-refractivity contribution in [2.75, 3.05) is 18.0 Å². The van der Waals surface area contributed by atoms with Crippen LogP contribution in [0.3, 0.4) is 0 Å². The molecule has 0 N–H and O–H groups in total. The Bertz CT molecular complexity index is 688. The monoisotopic (exact) mass is 270 g/mol.